The molecule has 0 unspecified atom stereocenters. The molecule has 21 heavy (non-hydrogen) atoms. The van der Waals surface area contributed by atoms with Crippen LogP contribution in [0.1, 0.15) is 23.1 Å². The third kappa shape index (κ3) is 3.07. The molecule has 0 aromatic heterocycles. The molecule has 2 aromatic carbocycles. The van der Waals surface area contributed by atoms with E-state index in [2.05, 4.69) is 43.7 Å². The first-order valence-electron chi connectivity index (χ1n) is 6.91. The largest absolute Gasteiger partial charge is 0.0843 e. The number of aryl methyl sites for hydroxylation is 1. The lowest BCUT2D eigenvalue weighted by Gasteiger charge is -2.18. The fraction of sp³-hybridized carbons (Fsp3) is 0.105. The summed E-state index contributed by atoms with van der Waals surface area (Å²) >= 11 is 12.7. The highest BCUT2D eigenvalue weighted by molar-refractivity contribution is 6.41. The molecular formula is C19H15Cl2. The van der Waals surface area contributed by atoms with Crippen LogP contribution in [0.15, 0.2) is 59.6 Å². The van der Waals surface area contributed by atoms with Crippen molar-refractivity contribution in [3.63, 3.8) is 0 Å². The Morgan fingerprint density at radius 1 is 0.905 bits per heavy atom. The highest BCUT2D eigenvalue weighted by Crippen LogP contribution is 2.39. The third-order valence-corrected chi connectivity index (χ3v) is 4.26. The molecule has 0 heterocycles. The van der Waals surface area contributed by atoms with Crippen LogP contribution >= 0.6 is 23.2 Å². The zero-order chi connectivity index (χ0) is 14.8. The maximum Gasteiger partial charge on any atom is 0.0522 e. The van der Waals surface area contributed by atoms with Crippen molar-refractivity contribution >= 4 is 34.3 Å². The van der Waals surface area contributed by atoms with Crippen molar-refractivity contribution in [2.24, 2.45) is 0 Å². The van der Waals surface area contributed by atoms with Gasteiger partial charge < -0.3 is 0 Å². The third-order valence-electron chi connectivity index (χ3n) is 3.62. The molecular weight excluding hydrogens is 299 g/mol. The van der Waals surface area contributed by atoms with E-state index >= 15 is 0 Å². The minimum absolute atomic E-state index is 0.726. The van der Waals surface area contributed by atoms with Gasteiger partial charge in [0.15, 0.2) is 0 Å². The fourth-order valence-electron chi connectivity index (χ4n) is 2.50. The maximum atomic E-state index is 6.65. The van der Waals surface area contributed by atoms with Crippen LogP contribution in [-0.2, 0) is 0 Å². The van der Waals surface area contributed by atoms with Crippen molar-refractivity contribution < 1.29 is 0 Å². The molecule has 0 saturated heterocycles. The second-order valence-electron chi connectivity index (χ2n) is 5.16. The Morgan fingerprint density at radius 2 is 1.67 bits per heavy atom. The number of hydrogen-bond acceptors (Lipinski definition) is 0. The molecule has 0 aliphatic heterocycles. The van der Waals surface area contributed by atoms with E-state index in [0.29, 0.717) is 0 Å². The summed E-state index contributed by atoms with van der Waals surface area (Å²) in [6.07, 6.45) is 5.19. The summed E-state index contributed by atoms with van der Waals surface area (Å²) < 4.78 is 0. The number of halogens is 2. The van der Waals surface area contributed by atoms with Gasteiger partial charge in [-0.2, -0.15) is 0 Å². The van der Waals surface area contributed by atoms with Crippen LogP contribution in [0.2, 0.25) is 5.02 Å². The van der Waals surface area contributed by atoms with Gasteiger partial charge in [0.05, 0.1) is 5.03 Å². The quantitative estimate of drug-likeness (QED) is 0.611. The van der Waals surface area contributed by atoms with Gasteiger partial charge in [0.2, 0.25) is 0 Å². The van der Waals surface area contributed by atoms with Crippen molar-refractivity contribution in [3.8, 4) is 0 Å². The van der Waals surface area contributed by atoms with E-state index in [1.807, 2.05) is 24.3 Å². The van der Waals surface area contributed by atoms with Crippen LogP contribution < -0.4 is 0 Å². The molecule has 0 nitrogen and oxygen atoms in total. The predicted octanol–water partition coefficient (Wildman–Crippen LogP) is 6.29. The first-order chi connectivity index (χ1) is 10.1. The zero-order valence-corrected chi connectivity index (χ0v) is 13.2. The lowest BCUT2D eigenvalue weighted by Crippen LogP contribution is -1.98. The molecule has 1 aliphatic carbocycles. The lowest BCUT2D eigenvalue weighted by molar-refractivity contribution is 1.27. The Kier molecular flexibility index (Phi) is 4.19. The minimum Gasteiger partial charge on any atom is -0.0843 e. The van der Waals surface area contributed by atoms with Gasteiger partial charge in [-0.15, -0.1) is 0 Å². The van der Waals surface area contributed by atoms with E-state index in [9.17, 15) is 0 Å². The Morgan fingerprint density at radius 3 is 2.38 bits per heavy atom. The highest BCUT2D eigenvalue weighted by atomic mass is 35.5. The summed E-state index contributed by atoms with van der Waals surface area (Å²) in [5.74, 6) is 0. The van der Waals surface area contributed by atoms with Gasteiger partial charge in [0.1, 0.15) is 0 Å². The van der Waals surface area contributed by atoms with E-state index in [1.54, 1.807) is 0 Å². The van der Waals surface area contributed by atoms with E-state index in [1.165, 1.54) is 5.56 Å². The summed E-state index contributed by atoms with van der Waals surface area (Å²) in [6, 6.07) is 16.3. The molecule has 1 radical (unpaired) electrons. The average molecular weight is 314 g/mol. The van der Waals surface area contributed by atoms with Crippen LogP contribution in [0.3, 0.4) is 0 Å². The molecule has 3 rings (SSSR count). The molecule has 0 fully saturated rings. The molecule has 2 aromatic rings. The summed E-state index contributed by atoms with van der Waals surface area (Å²) in [5, 5.41) is 1.51. The molecule has 2 heteroatoms. The van der Waals surface area contributed by atoms with Gasteiger partial charge in [-0.05, 0) is 54.2 Å². The second kappa shape index (κ2) is 6.09. The Balaban J connectivity index is 2.04. The van der Waals surface area contributed by atoms with Crippen molar-refractivity contribution in [2.75, 3.05) is 0 Å². The molecule has 0 N–H and O–H groups in total. The van der Waals surface area contributed by atoms with Gasteiger partial charge in [-0.3, -0.25) is 0 Å². The maximum absolute atomic E-state index is 6.65. The van der Waals surface area contributed by atoms with Crippen LogP contribution in [0.4, 0.5) is 0 Å². The smallest absolute Gasteiger partial charge is 0.0522 e. The number of hydrogen-bond donors (Lipinski definition) is 0. The number of allylic oxidation sites excluding steroid dienone is 4. The van der Waals surface area contributed by atoms with Crippen LogP contribution in [0.25, 0.3) is 11.1 Å². The lowest BCUT2D eigenvalue weighted by atomic mass is 9.90. The Labute approximate surface area is 135 Å². The molecule has 0 saturated carbocycles. The molecule has 1 aliphatic rings. The average Bonchev–Trinajstić information content (AvgIpc) is 2.48. The van der Waals surface area contributed by atoms with Gasteiger partial charge in [-0.1, -0.05) is 71.2 Å². The molecule has 105 valence electrons. The topological polar surface area (TPSA) is 0 Å². The van der Waals surface area contributed by atoms with Crippen LogP contribution in [0.5, 0.6) is 0 Å². The normalized spacial score (nSPS) is 15.1. The monoisotopic (exact) mass is 313 g/mol. The Hall–Kier alpha value is -1.50. The van der Waals surface area contributed by atoms with E-state index in [-0.39, 0.29) is 0 Å². The summed E-state index contributed by atoms with van der Waals surface area (Å²) in [4.78, 5) is 0. The zero-order valence-electron chi connectivity index (χ0n) is 11.7. The predicted molar refractivity (Wildman–Crippen MR) is 92.3 cm³/mol. The van der Waals surface area contributed by atoms with E-state index in [4.69, 9.17) is 23.2 Å². The minimum atomic E-state index is 0.726. The summed E-state index contributed by atoms with van der Waals surface area (Å²) in [6.45, 7) is 2.08. The van der Waals surface area contributed by atoms with Gasteiger partial charge in [-0.25, -0.2) is 0 Å². The standard InChI is InChI=1S/C19H15Cl2/c1-13-8-10-14(11-9-13)17-6-3-7-18(19(17)21)15-4-2-5-16(20)12-15/h2,4-12H,3H2,1H3. The Bertz CT molecular complexity index is 721. The van der Waals surface area contributed by atoms with Crippen molar-refractivity contribution in [3.05, 3.63) is 87.8 Å². The molecule has 0 spiro atoms. The first kappa shape index (κ1) is 14.4. The summed E-state index contributed by atoms with van der Waals surface area (Å²) in [7, 11) is 0. The van der Waals surface area contributed by atoms with Gasteiger partial charge >= 0.3 is 0 Å². The SMILES string of the molecule is Cc1ccc(C2=CC[CH]C(c3cccc(Cl)c3)=C2Cl)cc1. The van der Waals surface area contributed by atoms with Crippen molar-refractivity contribution in [2.45, 2.75) is 13.3 Å². The molecule has 0 atom stereocenters. The van der Waals surface area contributed by atoms with Gasteiger partial charge in [0, 0.05) is 5.02 Å². The van der Waals surface area contributed by atoms with Crippen molar-refractivity contribution in [1.82, 2.24) is 0 Å². The summed E-state index contributed by atoms with van der Waals surface area (Å²) in [5.41, 5.74) is 5.60. The van der Waals surface area contributed by atoms with Gasteiger partial charge in [0.25, 0.3) is 0 Å². The van der Waals surface area contributed by atoms with E-state index < -0.39 is 0 Å². The van der Waals surface area contributed by atoms with Crippen molar-refractivity contribution in [1.29, 1.82) is 0 Å². The highest BCUT2D eigenvalue weighted by Gasteiger charge is 2.17. The van der Waals surface area contributed by atoms with Crippen LogP contribution in [0, 0.1) is 13.3 Å². The number of benzene rings is 2. The first-order valence-corrected chi connectivity index (χ1v) is 7.67. The number of rotatable bonds is 2. The fourth-order valence-corrected chi connectivity index (χ4v) is 3.06. The van der Waals surface area contributed by atoms with Crippen LogP contribution in [-0.4, -0.2) is 0 Å². The molecule has 0 bridgehead atoms. The second-order valence-corrected chi connectivity index (χ2v) is 5.98. The molecule has 0 amide bonds. The van der Waals surface area contributed by atoms with E-state index in [0.717, 1.165) is 38.7 Å².